The van der Waals surface area contributed by atoms with Gasteiger partial charge in [-0.1, -0.05) is 121 Å². The molecule has 1 heterocycles. The molecule has 0 saturated carbocycles. The van der Waals surface area contributed by atoms with Crippen LogP contribution in [0.3, 0.4) is 0 Å². The van der Waals surface area contributed by atoms with Gasteiger partial charge in [0.25, 0.3) is 0 Å². The van der Waals surface area contributed by atoms with E-state index in [9.17, 15) is 9.59 Å². The molecule has 4 aromatic rings. The molecule has 4 aromatic carbocycles. The van der Waals surface area contributed by atoms with Gasteiger partial charge in [0.15, 0.2) is 0 Å². The van der Waals surface area contributed by atoms with Crippen LogP contribution in [-0.4, -0.2) is 78.8 Å². The number of ether oxygens (including phenoxy) is 1. The topological polar surface area (TPSA) is 90.3 Å². The second-order valence-electron chi connectivity index (χ2n) is 13.5. The standard InChI is InChI=1S/C21H26ClNO.C20H21N.C4H4O4.ClH/c1-21(17-7-4-3-5-8-17,18-10-12-19(22)13-11-18)24-16-14-20-9-6-15-23(20)2;1-21(2)15-7-12-20-18-10-5-3-8-16(18)13-14-17-9-4-6-11-19(17)20;5-3(6)1-2-4(7)8;/h3-5,7-8,10-13,20H,6,9,14-16H2,1-2H3;3-6,8-14H,7,15H2,1-2H3;1-2H,(H,5,6)(H,7,8);1H. The molecule has 6 rings (SSSR count). The number of benzene rings is 4. The molecule has 1 aliphatic carbocycles. The van der Waals surface area contributed by atoms with Crippen molar-refractivity contribution in [3.8, 4) is 0 Å². The Hall–Kier alpha value is -4.50. The molecule has 9 heteroatoms. The van der Waals surface area contributed by atoms with Crippen molar-refractivity contribution in [2.24, 2.45) is 0 Å². The summed E-state index contributed by atoms with van der Waals surface area (Å²) in [5, 5.41) is 16.4. The number of carbonyl (C=O) groups is 2. The fourth-order valence-electron chi connectivity index (χ4n) is 6.53. The second-order valence-corrected chi connectivity index (χ2v) is 14.0. The lowest BCUT2D eigenvalue weighted by molar-refractivity contribution is -0.134. The number of hydrogen-bond acceptors (Lipinski definition) is 5. The van der Waals surface area contributed by atoms with Crippen molar-refractivity contribution < 1.29 is 24.5 Å². The monoisotopic (exact) mass is 770 g/mol. The first-order valence-electron chi connectivity index (χ1n) is 18.0. The van der Waals surface area contributed by atoms with Gasteiger partial charge in [0.1, 0.15) is 5.60 Å². The summed E-state index contributed by atoms with van der Waals surface area (Å²) in [6, 6.07) is 36.4. The van der Waals surface area contributed by atoms with E-state index in [1.54, 1.807) is 0 Å². The zero-order valence-corrected chi connectivity index (χ0v) is 33.1. The Kier molecular flexibility index (Phi) is 17.9. The van der Waals surface area contributed by atoms with E-state index in [1.165, 1.54) is 52.8 Å². The Bertz CT molecular complexity index is 1810. The molecule has 2 N–H and O–H groups in total. The van der Waals surface area contributed by atoms with Crippen LogP contribution in [0.25, 0.3) is 17.7 Å². The Morgan fingerprint density at radius 2 is 1.35 bits per heavy atom. The summed E-state index contributed by atoms with van der Waals surface area (Å²) in [6.07, 6.45) is 12.7. The number of carboxylic acid groups (broad SMARTS) is 2. The van der Waals surface area contributed by atoms with E-state index < -0.39 is 17.5 Å². The first kappa shape index (κ1) is 43.9. The van der Waals surface area contributed by atoms with E-state index in [-0.39, 0.29) is 12.4 Å². The Labute approximate surface area is 331 Å². The molecule has 0 aromatic heterocycles. The van der Waals surface area contributed by atoms with Crippen molar-refractivity contribution in [1.29, 1.82) is 0 Å². The SMILES string of the molecule is CN(C)CCC=C1c2ccccc2C=Cc2ccccc21.CN1CCCC1CCOC(C)(c1ccccc1)c1ccc(Cl)cc1.Cl.O=C(O)C=CC(=O)O. The van der Waals surface area contributed by atoms with Gasteiger partial charge in [0, 0.05) is 36.4 Å². The summed E-state index contributed by atoms with van der Waals surface area (Å²) in [6.45, 7) is 5.19. The van der Waals surface area contributed by atoms with Crippen LogP contribution in [0.2, 0.25) is 5.02 Å². The fraction of sp³-hybridized carbons (Fsp3) is 0.289. The van der Waals surface area contributed by atoms with Gasteiger partial charge in [-0.3, -0.25) is 0 Å². The Balaban J connectivity index is 0.000000240. The molecule has 286 valence electrons. The maximum absolute atomic E-state index is 9.55. The van der Waals surface area contributed by atoms with Crippen LogP contribution in [-0.2, 0) is 19.9 Å². The number of hydrogen-bond donors (Lipinski definition) is 2. The zero-order chi connectivity index (χ0) is 38.2. The van der Waals surface area contributed by atoms with Gasteiger partial charge in [-0.05, 0) is 111 Å². The molecule has 1 fully saturated rings. The quantitative estimate of drug-likeness (QED) is 0.129. The summed E-state index contributed by atoms with van der Waals surface area (Å²) in [5.74, 6) is -2.51. The lowest BCUT2D eigenvalue weighted by Gasteiger charge is -2.32. The van der Waals surface area contributed by atoms with E-state index >= 15 is 0 Å². The van der Waals surface area contributed by atoms with Gasteiger partial charge in [-0.15, -0.1) is 12.4 Å². The summed E-state index contributed by atoms with van der Waals surface area (Å²) < 4.78 is 6.48. The van der Waals surface area contributed by atoms with Crippen LogP contribution >= 0.6 is 24.0 Å². The highest BCUT2D eigenvalue weighted by atomic mass is 35.5. The molecule has 0 amide bonds. The van der Waals surface area contributed by atoms with Crippen molar-refractivity contribution in [3.63, 3.8) is 0 Å². The van der Waals surface area contributed by atoms with Crippen molar-refractivity contribution in [2.45, 2.75) is 44.2 Å². The molecular weight excluding hydrogens is 719 g/mol. The van der Waals surface area contributed by atoms with Gasteiger partial charge in [-0.2, -0.15) is 0 Å². The predicted octanol–water partition coefficient (Wildman–Crippen LogP) is 9.79. The molecule has 0 bridgehead atoms. The lowest BCUT2D eigenvalue weighted by Crippen LogP contribution is -2.31. The summed E-state index contributed by atoms with van der Waals surface area (Å²) >= 11 is 6.07. The largest absolute Gasteiger partial charge is 0.478 e. The number of likely N-dealkylation sites (tertiary alicyclic amines) is 1. The lowest BCUT2D eigenvalue weighted by atomic mass is 9.88. The fourth-order valence-corrected chi connectivity index (χ4v) is 6.66. The second kappa shape index (κ2) is 22.0. The highest BCUT2D eigenvalue weighted by molar-refractivity contribution is 6.30. The van der Waals surface area contributed by atoms with E-state index in [0.29, 0.717) is 18.2 Å². The summed E-state index contributed by atoms with van der Waals surface area (Å²) in [4.78, 5) is 23.8. The van der Waals surface area contributed by atoms with Crippen LogP contribution in [0.5, 0.6) is 0 Å². The van der Waals surface area contributed by atoms with Crippen molar-refractivity contribution in [3.05, 3.63) is 160 Å². The smallest absolute Gasteiger partial charge is 0.328 e. The van der Waals surface area contributed by atoms with Crippen LogP contribution in [0, 0.1) is 0 Å². The first-order valence-corrected chi connectivity index (χ1v) is 18.4. The maximum atomic E-state index is 9.55. The van der Waals surface area contributed by atoms with Crippen molar-refractivity contribution >= 4 is 53.7 Å². The number of fused-ring (bicyclic) bond motifs is 2. The Morgan fingerprint density at radius 1 is 0.833 bits per heavy atom. The minimum Gasteiger partial charge on any atom is -0.478 e. The van der Waals surface area contributed by atoms with Gasteiger partial charge in [0.2, 0.25) is 0 Å². The molecular formula is C45H52Cl2N2O5. The van der Waals surface area contributed by atoms with Gasteiger partial charge < -0.3 is 24.7 Å². The first-order chi connectivity index (χ1) is 25.5. The average molecular weight is 772 g/mol. The van der Waals surface area contributed by atoms with Crippen molar-refractivity contribution in [2.75, 3.05) is 40.8 Å². The van der Waals surface area contributed by atoms with Crippen LogP contribution in [0.15, 0.2) is 121 Å². The predicted molar refractivity (Wildman–Crippen MR) is 224 cm³/mol. The average Bonchev–Trinajstić information content (AvgIpc) is 3.49. The minimum atomic E-state index is -1.26. The summed E-state index contributed by atoms with van der Waals surface area (Å²) in [5.41, 5.74) is 8.46. The van der Waals surface area contributed by atoms with E-state index in [4.69, 9.17) is 26.6 Å². The molecule has 1 saturated heterocycles. The molecule has 1 aliphatic heterocycles. The van der Waals surface area contributed by atoms with Gasteiger partial charge in [0.05, 0.1) is 0 Å². The number of nitrogens with zero attached hydrogens (tertiary/aromatic N) is 2. The molecule has 0 radical (unpaired) electrons. The van der Waals surface area contributed by atoms with Crippen molar-refractivity contribution in [1.82, 2.24) is 9.80 Å². The van der Waals surface area contributed by atoms with E-state index in [0.717, 1.165) is 36.6 Å². The number of rotatable bonds is 11. The molecule has 0 spiro atoms. The third-order valence-corrected chi connectivity index (χ3v) is 9.72. The third kappa shape index (κ3) is 13.1. The minimum absolute atomic E-state index is 0. The van der Waals surface area contributed by atoms with Crippen LogP contribution < -0.4 is 0 Å². The van der Waals surface area contributed by atoms with Gasteiger partial charge >= 0.3 is 11.9 Å². The van der Waals surface area contributed by atoms with E-state index in [1.807, 2.05) is 18.2 Å². The third-order valence-electron chi connectivity index (χ3n) is 9.47. The molecule has 54 heavy (non-hydrogen) atoms. The molecule has 7 nitrogen and oxygen atoms in total. The highest BCUT2D eigenvalue weighted by Gasteiger charge is 2.31. The van der Waals surface area contributed by atoms with Crippen LogP contribution in [0.4, 0.5) is 0 Å². The molecule has 2 atom stereocenters. The summed E-state index contributed by atoms with van der Waals surface area (Å²) in [7, 11) is 6.46. The zero-order valence-electron chi connectivity index (χ0n) is 31.5. The van der Waals surface area contributed by atoms with E-state index in [2.05, 4.69) is 141 Å². The highest BCUT2D eigenvalue weighted by Crippen LogP contribution is 2.35. The number of halogens is 2. The van der Waals surface area contributed by atoms with Crippen LogP contribution in [0.1, 0.15) is 66.0 Å². The number of aliphatic carboxylic acids is 2. The Morgan fingerprint density at radius 3 is 1.85 bits per heavy atom. The molecule has 2 aliphatic rings. The van der Waals surface area contributed by atoms with Gasteiger partial charge in [-0.25, -0.2) is 9.59 Å². The maximum Gasteiger partial charge on any atom is 0.328 e. The normalized spacial score (nSPS) is 15.7. The molecule has 2 unspecified atom stereocenters. The number of carboxylic acids is 2.